The monoisotopic (exact) mass is 263 g/mol. The Balaban J connectivity index is 2.01. The van der Waals surface area contributed by atoms with E-state index in [9.17, 15) is 0 Å². The molecule has 0 aliphatic heterocycles. The standard InChI is InChI=1S/C16H25NO2/c1-4-12-5-10-15(17-2)16(11-12)19-14-8-6-13(18-3)7-9-14/h6-9,12,15-17H,4-5,10-11H2,1-3H3. The summed E-state index contributed by atoms with van der Waals surface area (Å²) < 4.78 is 11.3. The predicted octanol–water partition coefficient (Wildman–Crippen LogP) is 3.24. The zero-order valence-corrected chi connectivity index (χ0v) is 12.2. The summed E-state index contributed by atoms with van der Waals surface area (Å²) in [6.07, 6.45) is 5.19. The molecule has 0 radical (unpaired) electrons. The van der Waals surface area contributed by atoms with Crippen molar-refractivity contribution >= 4 is 0 Å². The van der Waals surface area contributed by atoms with Gasteiger partial charge >= 0.3 is 0 Å². The lowest BCUT2D eigenvalue weighted by Crippen LogP contribution is -2.45. The van der Waals surface area contributed by atoms with Gasteiger partial charge in [-0.1, -0.05) is 13.3 Å². The molecule has 2 rings (SSSR count). The van der Waals surface area contributed by atoms with Crippen molar-refractivity contribution in [3.63, 3.8) is 0 Å². The smallest absolute Gasteiger partial charge is 0.120 e. The topological polar surface area (TPSA) is 30.5 Å². The summed E-state index contributed by atoms with van der Waals surface area (Å²) in [4.78, 5) is 0. The van der Waals surface area contributed by atoms with E-state index in [1.54, 1.807) is 7.11 Å². The predicted molar refractivity (Wildman–Crippen MR) is 77.9 cm³/mol. The third-order valence-corrected chi connectivity index (χ3v) is 4.20. The molecular formula is C16H25NO2. The summed E-state index contributed by atoms with van der Waals surface area (Å²) in [5, 5.41) is 3.39. The third-order valence-electron chi connectivity index (χ3n) is 4.20. The molecule has 1 aliphatic rings. The van der Waals surface area contributed by atoms with Crippen LogP contribution in [0.15, 0.2) is 24.3 Å². The molecule has 1 aliphatic carbocycles. The van der Waals surface area contributed by atoms with Crippen LogP contribution in [0.4, 0.5) is 0 Å². The van der Waals surface area contributed by atoms with E-state index in [-0.39, 0.29) is 6.10 Å². The molecule has 1 aromatic rings. The highest BCUT2D eigenvalue weighted by Gasteiger charge is 2.30. The molecule has 19 heavy (non-hydrogen) atoms. The van der Waals surface area contributed by atoms with Crippen LogP contribution in [0.25, 0.3) is 0 Å². The Bertz CT molecular complexity index is 377. The molecule has 1 fully saturated rings. The van der Waals surface area contributed by atoms with E-state index in [4.69, 9.17) is 9.47 Å². The maximum atomic E-state index is 6.17. The summed E-state index contributed by atoms with van der Waals surface area (Å²) in [7, 11) is 3.71. The van der Waals surface area contributed by atoms with Gasteiger partial charge in [-0.25, -0.2) is 0 Å². The first kappa shape index (κ1) is 14.2. The second-order valence-corrected chi connectivity index (χ2v) is 5.31. The Labute approximate surface area is 116 Å². The van der Waals surface area contributed by atoms with E-state index in [1.807, 2.05) is 31.3 Å². The summed E-state index contributed by atoms with van der Waals surface area (Å²) in [5.41, 5.74) is 0. The lowest BCUT2D eigenvalue weighted by atomic mass is 9.82. The van der Waals surface area contributed by atoms with Crippen LogP contribution < -0.4 is 14.8 Å². The van der Waals surface area contributed by atoms with Crippen LogP contribution in [0, 0.1) is 5.92 Å². The van der Waals surface area contributed by atoms with Gasteiger partial charge in [0.2, 0.25) is 0 Å². The highest BCUT2D eigenvalue weighted by Crippen LogP contribution is 2.30. The van der Waals surface area contributed by atoms with Crippen molar-refractivity contribution in [2.24, 2.45) is 5.92 Å². The maximum absolute atomic E-state index is 6.17. The quantitative estimate of drug-likeness (QED) is 0.884. The summed E-state index contributed by atoms with van der Waals surface area (Å²) in [5.74, 6) is 2.60. The Morgan fingerprint density at radius 2 is 1.84 bits per heavy atom. The average molecular weight is 263 g/mol. The van der Waals surface area contributed by atoms with Crippen LogP contribution in [0.5, 0.6) is 11.5 Å². The molecule has 0 saturated heterocycles. The van der Waals surface area contributed by atoms with Gasteiger partial charge in [0.25, 0.3) is 0 Å². The molecule has 106 valence electrons. The molecule has 3 heteroatoms. The van der Waals surface area contributed by atoms with Gasteiger partial charge < -0.3 is 14.8 Å². The molecular weight excluding hydrogens is 238 g/mol. The van der Waals surface area contributed by atoms with E-state index >= 15 is 0 Å². The Morgan fingerprint density at radius 3 is 2.42 bits per heavy atom. The largest absolute Gasteiger partial charge is 0.497 e. The molecule has 0 aromatic heterocycles. The van der Waals surface area contributed by atoms with Crippen LogP contribution in [0.3, 0.4) is 0 Å². The summed E-state index contributed by atoms with van der Waals surface area (Å²) in [6, 6.07) is 8.33. The molecule has 3 unspecified atom stereocenters. The van der Waals surface area contributed by atoms with Crippen LogP contribution in [-0.2, 0) is 0 Å². The number of likely N-dealkylation sites (N-methyl/N-ethyl adjacent to an activating group) is 1. The molecule has 3 atom stereocenters. The molecule has 1 saturated carbocycles. The minimum absolute atomic E-state index is 0.275. The first-order valence-electron chi connectivity index (χ1n) is 7.24. The van der Waals surface area contributed by atoms with E-state index in [0.29, 0.717) is 6.04 Å². The van der Waals surface area contributed by atoms with Gasteiger partial charge in [-0.3, -0.25) is 0 Å². The van der Waals surface area contributed by atoms with E-state index in [1.165, 1.54) is 19.3 Å². The van der Waals surface area contributed by atoms with Crippen molar-refractivity contribution in [1.82, 2.24) is 5.32 Å². The molecule has 0 heterocycles. The number of nitrogens with one attached hydrogen (secondary N) is 1. The minimum atomic E-state index is 0.275. The molecule has 0 bridgehead atoms. The van der Waals surface area contributed by atoms with Crippen molar-refractivity contribution in [3.8, 4) is 11.5 Å². The van der Waals surface area contributed by atoms with Gasteiger partial charge in [0, 0.05) is 6.04 Å². The third kappa shape index (κ3) is 3.63. The van der Waals surface area contributed by atoms with Gasteiger partial charge in [0.05, 0.1) is 7.11 Å². The number of benzene rings is 1. The fourth-order valence-corrected chi connectivity index (χ4v) is 2.87. The van der Waals surface area contributed by atoms with Gasteiger partial charge in [0.15, 0.2) is 0 Å². The molecule has 0 amide bonds. The van der Waals surface area contributed by atoms with Crippen molar-refractivity contribution in [3.05, 3.63) is 24.3 Å². The minimum Gasteiger partial charge on any atom is -0.497 e. The van der Waals surface area contributed by atoms with Crippen LogP contribution in [0.1, 0.15) is 32.6 Å². The van der Waals surface area contributed by atoms with E-state index in [2.05, 4.69) is 12.2 Å². The van der Waals surface area contributed by atoms with Crippen LogP contribution in [0.2, 0.25) is 0 Å². The number of ether oxygens (including phenoxy) is 2. The molecule has 0 spiro atoms. The second kappa shape index (κ2) is 6.80. The van der Waals surface area contributed by atoms with Crippen molar-refractivity contribution in [2.45, 2.75) is 44.8 Å². The van der Waals surface area contributed by atoms with Crippen molar-refractivity contribution < 1.29 is 9.47 Å². The highest BCUT2D eigenvalue weighted by molar-refractivity contribution is 5.31. The van der Waals surface area contributed by atoms with E-state index < -0.39 is 0 Å². The fourth-order valence-electron chi connectivity index (χ4n) is 2.87. The number of rotatable bonds is 5. The number of hydrogen-bond donors (Lipinski definition) is 1. The Kier molecular flexibility index (Phi) is 5.08. The molecule has 1 aromatic carbocycles. The SMILES string of the molecule is CCC1CCC(NC)C(Oc2ccc(OC)cc2)C1. The zero-order chi connectivity index (χ0) is 13.7. The lowest BCUT2D eigenvalue weighted by molar-refractivity contribution is 0.0882. The maximum Gasteiger partial charge on any atom is 0.120 e. The first-order chi connectivity index (χ1) is 9.26. The van der Waals surface area contributed by atoms with Gasteiger partial charge in [-0.05, 0) is 56.5 Å². The highest BCUT2D eigenvalue weighted by atomic mass is 16.5. The van der Waals surface area contributed by atoms with Crippen LogP contribution in [-0.4, -0.2) is 26.3 Å². The second-order valence-electron chi connectivity index (χ2n) is 5.31. The van der Waals surface area contributed by atoms with Gasteiger partial charge in [-0.2, -0.15) is 0 Å². The molecule has 3 nitrogen and oxygen atoms in total. The summed E-state index contributed by atoms with van der Waals surface area (Å²) >= 11 is 0. The average Bonchev–Trinajstić information content (AvgIpc) is 2.48. The van der Waals surface area contributed by atoms with Crippen LogP contribution >= 0.6 is 0 Å². The van der Waals surface area contributed by atoms with E-state index in [0.717, 1.165) is 23.8 Å². The fraction of sp³-hybridized carbons (Fsp3) is 0.625. The summed E-state index contributed by atoms with van der Waals surface area (Å²) in [6.45, 7) is 2.27. The zero-order valence-electron chi connectivity index (χ0n) is 12.2. The number of methoxy groups -OCH3 is 1. The van der Waals surface area contributed by atoms with Gasteiger partial charge in [-0.15, -0.1) is 0 Å². The van der Waals surface area contributed by atoms with Crippen molar-refractivity contribution in [1.29, 1.82) is 0 Å². The van der Waals surface area contributed by atoms with Gasteiger partial charge in [0.1, 0.15) is 17.6 Å². The molecule has 1 N–H and O–H groups in total. The first-order valence-corrected chi connectivity index (χ1v) is 7.24. The number of hydrogen-bond acceptors (Lipinski definition) is 3. The Hall–Kier alpha value is -1.22. The normalized spacial score (nSPS) is 27.0. The van der Waals surface area contributed by atoms with Crippen molar-refractivity contribution in [2.75, 3.05) is 14.2 Å². The lowest BCUT2D eigenvalue weighted by Gasteiger charge is -2.35. The Morgan fingerprint density at radius 1 is 1.16 bits per heavy atom.